The second-order valence-electron chi connectivity index (χ2n) is 5.16. The van der Waals surface area contributed by atoms with Crippen molar-refractivity contribution in [3.63, 3.8) is 0 Å². The molecule has 7 heteroatoms. The molecule has 0 fully saturated rings. The van der Waals surface area contributed by atoms with Crippen molar-refractivity contribution in [1.29, 1.82) is 0 Å². The molecule has 2 aromatic heterocycles. The highest BCUT2D eigenvalue weighted by Gasteiger charge is 2.22. The number of hydrogen-bond acceptors (Lipinski definition) is 4. The van der Waals surface area contributed by atoms with Crippen LogP contribution < -0.4 is 5.73 Å². The molecule has 0 radical (unpaired) electrons. The molecule has 24 heavy (non-hydrogen) atoms. The van der Waals surface area contributed by atoms with Crippen molar-refractivity contribution in [1.82, 2.24) is 19.6 Å². The average molecular weight is 340 g/mol. The largest absolute Gasteiger partial charge is 0.383 e. The maximum Gasteiger partial charge on any atom is 0.254 e. The zero-order valence-electron chi connectivity index (χ0n) is 12.3. The topological polar surface area (TPSA) is 69.1 Å². The third-order valence-electron chi connectivity index (χ3n) is 3.71. The van der Waals surface area contributed by atoms with Gasteiger partial charge in [-0.15, -0.1) is 0 Å². The number of fused-ring (bicyclic) bond motifs is 1. The van der Waals surface area contributed by atoms with E-state index < -0.39 is 5.82 Å². The van der Waals surface area contributed by atoms with Crippen LogP contribution in [0.4, 0.5) is 10.2 Å². The summed E-state index contributed by atoms with van der Waals surface area (Å²) in [5, 5.41) is 4.45. The van der Waals surface area contributed by atoms with Crippen LogP contribution in [0, 0.1) is 5.82 Å². The van der Waals surface area contributed by atoms with Crippen LogP contribution in [0.3, 0.4) is 0 Å². The number of nitrogen functional groups attached to an aromatic ring is 1. The predicted octanol–water partition coefficient (Wildman–Crippen LogP) is 3.83. The summed E-state index contributed by atoms with van der Waals surface area (Å²) in [7, 11) is 0. The molecule has 0 spiro atoms. The molecule has 0 aliphatic heterocycles. The molecule has 2 N–H and O–H groups in total. The van der Waals surface area contributed by atoms with E-state index in [-0.39, 0.29) is 16.4 Å². The lowest BCUT2D eigenvalue weighted by Gasteiger charge is -2.15. The summed E-state index contributed by atoms with van der Waals surface area (Å²) >= 11 is 6.25. The van der Waals surface area contributed by atoms with E-state index in [9.17, 15) is 4.39 Å². The van der Waals surface area contributed by atoms with Crippen molar-refractivity contribution in [2.24, 2.45) is 0 Å². The van der Waals surface area contributed by atoms with Crippen molar-refractivity contribution in [2.75, 3.05) is 5.73 Å². The lowest BCUT2D eigenvalue weighted by Crippen LogP contribution is -2.06. The molecular weight excluding hydrogens is 329 g/mol. The van der Waals surface area contributed by atoms with Gasteiger partial charge in [-0.05, 0) is 12.1 Å². The molecule has 0 bridgehead atoms. The summed E-state index contributed by atoms with van der Waals surface area (Å²) in [5.41, 5.74) is 8.11. The fourth-order valence-corrected chi connectivity index (χ4v) is 2.96. The molecule has 2 heterocycles. The predicted molar refractivity (Wildman–Crippen MR) is 91.0 cm³/mol. The van der Waals surface area contributed by atoms with Crippen molar-refractivity contribution < 1.29 is 4.39 Å². The Morgan fingerprint density at radius 3 is 2.54 bits per heavy atom. The molecule has 2 aromatic carbocycles. The van der Waals surface area contributed by atoms with Gasteiger partial charge in [0.15, 0.2) is 0 Å². The first kappa shape index (κ1) is 14.6. The summed E-state index contributed by atoms with van der Waals surface area (Å²) < 4.78 is 16.1. The number of rotatable bonds is 2. The first-order chi connectivity index (χ1) is 11.7. The van der Waals surface area contributed by atoms with E-state index in [0.29, 0.717) is 17.0 Å². The van der Waals surface area contributed by atoms with Crippen LogP contribution in [0.1, 0.15) is 0 Å². The second kappa shape index (κ2) is 5.58. The monoisotopic (exact) mass is 339 g/mol. The Bertz CT molecular complexity index is 1030. The SMILES string of the molecule is Nc1nc2ncnn2c(-c2ccccc2)c1-c1c(F)cccc1Cl. The zero-order chi connectivity index (χ0) is 16.7. The molecule has 4 rings (SSSR count). The maximum absolute atomic E-state index is 14.5. The second-order valence-corrected chi connectivity index (χ2v) is 5.56. The minimum Gasteiger partial charge on any atom is -0.383 e. The third kappa shape index (κ3) is 2.19. The van der Waals surface area contributed by atoms with Gasteiger partial charge < -0.3 is 5.73 Å². The minimum absolute atomic E-state index is 0.140. The van der Waals surface area contributed by atoms with Gasteiger partial charge in [0.1, 0.15) is 18.0 Å². The zero-order valence-corrected chi connectivity index (χ0v) is 13.1. The van der Waals surface area contributed by atoms with E-state index in [4.69, 9.17) is 17.3 Å². The van der Waals surface area contributed by atoms with Gasteiger partial charge in [0, 0.05) is 11.1 Å². The Morgan fingerprint density at radius 2 is 1.79 bits per heavy atom. The molecule has 0 aliphatic rings. The van der Waals surface area contributed by atoms with E-state index in [1.54, 1.807) is 12.1 Å². The number of anilines is 1. The summed E-state index contributed by atoms with van der Waals surface area (Å²) in [6.07, 6.45) is 1.38. The van der Waals surface area contributed by atoms with Crippen LogP contribution in [0.2, 0.25) is 5.02 Å². The van der Waals surface area contributed by atoms with Gasteiger partial charge in [-0.25, -0.2) is 4.39 Å². The lowest BCUT2D eigenvalue weighted by molar-refractivity contribution is 0.631. The van der Waals surface area contributed by atoms with Crippen molar-refractivity contribution in [2.45, 2.75) is 0 Å². The highest BCUT2D eigenvalue weighted by Crippen LogP contribution is 2.40. The number of benzene rings is 2. The molecule has 0 atom stereocenters. The fraction of sp³-hybridized carbons (Fsp3) is 0. The van der Waals surface area contributed by atoms with Crippen LogP contribution in [0.25, 0.3) is 28.2 Å². The van der Waals surface area contributed by atoms with Crippen molar-refractivity contribution in [3.8, 4) is 22.4 Å². The number of nitrogens with zero attached hydrogens (tertiary/aromatic N) is 4. The number of nitrogens with two attached hydrogens (primary N) is 1. The van der Waals surface area contributed by atoms with E-state index in [0.717, 1.165) is 5.56 Å². The lowest BCUT2D eigenvalue weighted by atomic mass is 9.99. The van der Waals surface area contributed by atoms with Gasteiger partial charge in [0.2, 0.25) is 0 Å². The van der Waals surface area contributed by atoms with Gasteiger partial charge in [0.05, 0.1) is 16.3 Å². The molecule has 5 nitrogen and oxygen atoms in total. The third-order valence-corrected chi connectivity index (χ3v) is 4.03. The Kier molecular flexibility index (Phi) is 3.39. The maximum atomic E-state index is 14.5. The highest BCUT2D eigenvalue weighted by atomic mass is 35.5. The number of halogens is 2. The van der Waals surface area contributed by atoms with Crippen LogP contribution in [0.5, 0.6) is 0 Å². The smallest absolute Gasteiger partial charge is 0.254 e. The van der Waals surface area contributed by atoms with E-state index >= 15 is 0 Å². The van der Waals surface area contributed by atoms with Crippen LogP contribution >= 0.6 is 11.6 Å². The molecular formula is C17H11ClFN5. The Labute approximate surface area is 141 Å². The molecule has 4 aromatic rings. The number of hydrogen-bond donors (Lipinski definition) is 1. The molecule has 0 aliphatic carbocycles. The Hall–Kier alpha value is -2.99. The first-order valence-electron chi connectivity index (χ1n) is 7.16. The standard InChI is InChI=1S/C17H11ClFN5/c18-11-7-4-8-12(19)13(11)14-15(10-5-2-1-3-6-10)24-17(21-9-22-24)23-16(14)20/h1-9H,(H2,20,21,22,23). The minimum atomic E-state index is -0.479. The van der Waals surface area contributed by atoms with E-state index in [2.05, 4.69) is 15.1 Å². The average Bonchev–Trinajstić information content (AvgIpc) is 3.03. The molecule has 0 unspecified atom stereocenters. The van der Waals surface area contributed by atoms with Gasteiger partial charge in [-0.1, -0.05) is 48.0 Å². The van der Waals surface area contributed by atoms with Crippen LogP contribution in [-0.2, 0) is 0 Å². The van der Waals surface area contributed by atoms with Crippen LogP contribution in [0.15, 0.2) is 54.9 Å². The van der Waals surface area contributed by atoms with E-state index in [1.165, 1.54) is 16.9 Å². The molecule has 0 amide bonds. The van der Waals surface area contributed by atoms with Crippen molar-refractivity contribution in [3.05, 3.63) is 65.7 Å². The van der Waals surface area contributed by atoms with Gasteiger partial charge in [-0.2, -0.15) is 19.6 Å². The number of aromatic nitrogens is 4. The summed E-state index contributed by atoms with van der Waals surface area (Å²) in [6, 6.07) is 13.9. The normalized spacial score (nSPS) is 11.1. The van der Waals surface area contributed by atoms with Gasteiger partial charge >= 0.3 is 0 Å². The summed E-state index contributed by atoms with van der Waals surface area (Å²) in [4.78, 5) is 8.30. The highest BCUT2D eigenvalue weighted by molar-refractivity contribution is 6.33. The van der Waals surface area contributed by atoms with Crippen LogP contribution in [-0.4, -0.2) is 19.6 Å². The molecule has 0 saturated heterocycles. The Balaban J connectivity index is 2.18. The van der Waals surface area contributed by atoms with E-state index in [1.807, 2.05) is 30.3 Å². The summed E-state index contributed by atoms with van der Waals surface area (Å²) in [5.74, 6) is -0.00318. The first-order valence-corrected chi connectivity index (χ1v) is 7.53. The fourth-order valence-electron chi connectivity index (χ4n) is 2.71. The van der Waals surface area contributed by atoms with Crippen molar-refractivity contribution >= 4 is 23.2 Å². The van der Waals surface area contributed by atoms with Gasteiger partial charge in [0.25, 0.3) is 5.78 Å². The molecule has 0 saturated carbocycles. The Morgan fingerprint density at radius 1 is 1.00 bits per heavy atom. The molecule has 118 valence electrons. The quantitative estimate of drug-likeness (QED) is 0.602. The van der Waals surface area contributed by atoms with Gasteiger partial charge in [-0.3, -0.25) is 0 Å². The summed E-state index contributed by atoms with van der Waals surface area (Å²) in [6.45, 7) is 0.